The molecule has 5 nitrogen and oxygen atoms in total. The van der Waals surface area contributed by atoms with Crippen LogP contribution in [-0.4, -0.2) is 27.1 Å². The Morgan fingerprint density at radius 2 is 2.05 bits per heavy atom. The average molecular weight is 277 g/mol. The third kappa shape index (κ3) is 2.98. The molecule has 0 spiro atoms. The highest BCUT2D eigenvalue weighted by atomic mass is 16.4. The quantitative estimate of drug-likeness (QED) is 0.881. The molecule has 5 heteroatoms. The smallest absolute Gasteiger partial charge is 0.307 e. The Labute approximate surface area is 119 Å². The first-order valence-corrected chi connectivity index (χ1v) is 7.15. The van der Waals surface area contributed by atoms with E-state index < -0.39 is 5.97 Å². The summed E-state index contributed by atoms with van der Waals surface area (Å²) in [5.41, 5.74) is -0.209. The fourth-order valence-electron chi connectivity index (χ4n) is 3.17. The highest BCUT2D eigenvalue weighted by Gasteiger charge is 2.45. The van der Waals surface area contributed by atoms with Gasteiger partial charge in [0.25, 0.3) is 0 Å². The van der Waals surface area contributed by atoms with Crippen molar-refractivity contribution in [3.8, 4) is 0 Å². The number of carboxylic acids is 1. The molecule has 1 aromatic rings. The largest absolute Gasteiger partial charge is 0.481 e. The van der Waals surface area contributed by atoms with Crippen LogP contribution in [0.5, 0.6) is 0 Å². The summed E-state index contributed by atoms with van der Waals surface area (Å²) in [4.78, 5) is 19.8. The van der Waals surface area contributed by atoms with E-state index in [-0.39, 0.29) is 11.3 Å². The van der Waals surface area contributed by atoms with Crippen molar-refractivity contribution in [3.63, 3.8) is 0 Å². The fourth-order valence-corrected chi connectivity index (χ4v) is 3.17. The first-order valence-electron chi connectivity index (χ1n) is 7.15. The molecule has 0 amide bonds. The van der Waals surface area contributed by atoms with Crippen LogP contribution in [0.4, 0.5) is 0 Å². The van der Waals surface area contributed by atoms with Gasteiger partial charge in [0, 0.05) is 18.4 Å². The lowest BCUT2D eigenvalue weighted by atomic mass is 9.61. The SMILES string of the molecule is CC1C(NCc2ncccn2)CCC(C(=O)O)C1(C)C. The molecule has 3 atom stereocenters. The van der Waals surface area contributed by atoms with E-state index in [1.165, 1.54) is 0 Å². The minimum Gasteiger partial charge on any atom is -0.481 e. The second kappa shape index (κ2) is 5.87. The molecule has 1 aliphatic rings. The molecule has 1 saturated carbocycles. The van der Waals surface area contributed by atoms with Gasteiger partial charge in [-0.15, -0.1) is 0 Å². The molecule has 1 fully saturated rings. The lowest BCUT2D eigenvalue weighted by Crippen LogP contribution is -2.50. The number of hydrogen-bond acceptors (Lipinski definition) is 4. The zero-order chi connectivity index (χ0) is 14.8. The number of aliphatic carboxylic acids is 1. The number of nitrogens with zero attached hydrogens (tertiary/aromatic N) is 2. The minimum atomic E-state index is -0.674. The molecule has 1 aliphatic carbocycles. The zero-order valence-electron chi connectivity index (χ0n) is 12.3. The van der Waals surface area contributed by atoms with Crippen molar-refractivity contribution in [2.45, 2.75) is 46.2 Å². The van der Waals surface area contributed by atoms with Crippen molar-refractivity contribution in [2.24, 2.45) is 17.3 Å². The van der Waals surface area contributed by atoms with Crippen molar-refractivity contribution in [1.29, 1.82) is 0 Å². The van der Waals surface area contributed by atoms with E-state index in [1.54, 1.807) is 18.5 Å². The van der Waals surface area contributed by atoms with Crippen LogP contribution in [0.25, 0.3) is 0 Å². The molecule has 0 radical (unpaired) electrons. The van der Waals surface area contributed by atoms with Crippen molar-refractivity contribution in [3.05, 3.63) is 24.3 Å². The van der Waals surface area contributed by atoms with Crippen LogP contribution >= 0.6 is 0 Å². The van der Waals surface area contributed by atoms with Crippen LogP contribution in [0.3, 0.4) is 0 Å². The molecule has 110 valence electrons. The Morgan fingerprint density at radius 1 is 1.40 bits per heavy atom. The summed E-state index contributed by atoms with van der Waals surface area (Å²) in [7, 11) is 0. The molecule has 1 heterocycles. The minimum absolute atomic E-state index is 0.209. The zero-order valence-corrected chi connectivity index (χ0v) is 12.3. The lowest BCUT2D eigenvalue weighted by molar-refractivity contribution is -0.150. The second-order valence-corrected chi connectivity index (χ2v) is 6.23. The van der Waals surface area contributed by atoms with E-state index in [4.69, 9.17) is 0 Å². The average Bonchev–Trinajstić information content (AvgIpc) is 2.41. The molecular weight excluding hydrogens is 254 g/mol. The molecule has 3 unspecified atom stereocenters. The maximum absolute atomic E-state index is 11.4. The second-order valence-electron chi connectivity index (χ2n) is 6.23. The molecule has 2 N–H and O–H groups in total. The first kappa shape index (κ1) is 14.9. The van der Waals surface area contributed by atoms with Gasteiger partial charge in [0.2, 0.25) is 0 Å². The van der Waals surface area contributed by atoms with E-state index in [0.29, 0.717) is 18.5 Å². The summed E-state index contributed by atoms with van der Waals surface area (Å²) in [5, 5.41) is 12.8. The molecule has 2 rings (SSSR count). The predicted octanol–water partition coefficient (Wildman–Crippen LogP) is 2.09. The standard InChI is InChI=1S/C15H23N3O2/c1-10-12(18-9-13-16-7-4-8-17-13)6-5-11(14(19)20)15(10,2)3/h4,7-8,10-12,18H,5-6,9H2,1-3H3,(H,19,20). The van der Waals surface area contributed by atoms with Gasteiger partial charge in [-0.05, 0) is 30.2 Å². The maximum Gasteiger partial charge on any atom is 0.307 e. The Balaban J connectivity index is 1.99. The number of aromatic nitrogens is 2. The summed E-state index contributed by atoms with van der Waals surface area (Å²) in [6.07, 6.45) is 5.08. The van der Waals surface area contributed by atoms with Crippen LogP contribution in [0.2, 0.25) is 0 Å². The molecule has 1 aromatic heterocycles. The Morgan fingerprint density at radius 3 is 2.65 bits per heavy atom. The lowest BCUT2D eigenvalue weighted by Gasteiger charge is -2.46. The van der Waals surface area contributed by atoms with Crippen LogP contribution in [0, 0.1) is 17.3 Å². The van der Waals surface area contributed by atoms with Gasteiger partial charge < -0.3 is 10.4 Å². The normalized spacial score (nSPS) is 29.1. The number of rotatable bonds is 4. The Hall–Kier alpha value is -1.49. The predicted molar refractivity (Wildman–Crippen MR) is 76.0 cm³/mol. The van der Waals surface area contributed by atoms with E-state index in [2.05, 4.69) is 36.1 Å². The van der Waals surface area contributed by atoms with Crippen LogP contribution in [0.15, 0.2) is 18.5 Å². The van der Waals surface area contributed by atoms with E-state index >= 15 is 0 Å². The van der Waals surface area contributed by atoms with Gasteiger partial charge in [0.15, 0.2) is 0 Å². The molecule has 20 heavy (non-hydrogen) atoms. The molecule has 0 aliphatic heterocycles. The summed E-state index contributed by atoms with van der Waals surface area (Å²) in [6, 6.07) is 2.11. The number of hydrogen-bond donors (Lipinski definition) is 2. The van der Waals surface area contributed by atoms with Crippen molar-refractivity contribution < 1.29 is 9.90 Å². The Bertz CT molecular complexity index is 461. The van der Waals surface area contributed by atoms with Gasteiger partial charge in [-0.2, -0.15) is 0 Å². The van der Waals surface area contributed by atoms with Gasteiger partial charge in [-0.25, -0.2) is 9.97 Å². The summed E-state index contributed by atoms with van der Waals surface area (Å²) in [5.74, 6) is 0.133. The van der Waals surface area contributed by atoms with Crippen molar-refractivity contribution >= 4 is 5.97 Å². The monoisotopic (exact) mass is 277 g/mol. The fraction of sp³-hybridized carbons (Fsp3) is 0.667. The van der Waals surface area contributed by atoms with Gasteiger partial charge in [-0.3, -0.25) is 4.79 Å². The molecule has 0 saturated heterocycles. The van der Waals surface area contributed by atoms with Gasteiger partial charge in [0.05, 0.1) is 12.5 Å². The summed E-state index contributed by atoms with van der Waals surface area (Å²) < 4.78 is 0. The number of carbonyl (C=O) groups is 1. The van der Waals surface area contributed by atoms with Crippen LogP contribution in [0.1, 0.15) is 39.4 Å². The van der Waals surface area contributed by atoms with E-state index in [0.717, 1.165) is 18.7 Å². The van der Waals surface area contributed by atoms with Crippen LogP contribution in [-0.2, 0) is 11.3 Å². The number of nitrogens with one attached hydrogen (secondary N) is 1. The highest BCUT2D eigenvalue weighted by molar-refractivity contribution is 5.71. The van der Waals surface area contributed by atoms with Gasteiger partial charge in [-0.1, -0.05) is 20.8 Å². The van der Waals surface area contributed by atoms with Crippen molar-refractivity contribution in [1.82, 2.24) is 15.3 Å². The highest BCUT2D eigenvalue weighted by Crippen LogP contribution is 2.45. The third-order valence-electron chi connectivity index (χ3n) is 4.88. The van der Waals surface area contributed by atoms with Crippen LogP contribution < -0.4 is 5.32 Å². The van der Waals surface area contributed by atoms with Gasteiger partial charge in [0.1, 0.15) is 5.82 Å². The third-order valence-corrected chi connectivity index (χ3v) is 4.88. The molecule has 0 aromatic carbocycles. The first-order chi connectivity index (χ1) is 9.43. The van der Waals surface area contributed by atoms with E-state index in [1.807, 2.05) is 0 Å². The molecular formula is C15H23N3O2. The topological polar surface area (TPSA) is 75.1 Å². The molecule has 0 bridgehead atoms. The maximum atomic E-state index is 11.4. The van der Waals surface area contributed by atoms with Crippen molar-refractivity contribution in [2.75, 3.05) is 0 Å². The summed E-state index contributed by atoms with van der Waals surface area (Å²) >= 11 is 0. The Kier molecular flexibility index (Phi) is 4.38. The van der Waals surface area contributed by atoms with E-state index in [9.17, 15) is 9.90 Å². The summed E-state index contributed by atoms with van der Waals surface area (Å²) in [6.45, 7) is 6.88. The van der Waals surface area contributed by atoms with Gasteiger partial charge >= 0.3 is 5.97 Å². The number of carboxylic acid groups (broad SMARTS) is 1.